The molecular formula is C14H26N2O2. The van der Waals surface area contributed by atoms with Gasteiger partial charge in [0.1, 0.15) is 0 Å². The van der Waals surface area contributed by atoms with Crippen LogP contribution in [0.5, 0.6) is 0 Å². The second kappa shape index (κ2) is 10.1. The summed E-state index contributed by atoms with van der Waals surface area (Å²) in [6, 6.07) is 2.02. The molecular weight excluding hydrogens is 228 g/mol. The van der Waals surface area contributed by atoms with Crippen LogP contribution >= 0.6 is 0 Å². The minimum absolute atomic E-state index is 0.283. The Morgan fingerprint density at radius 1 is 1.22 bits per heavy atom. The molecule has 104 valence electrons. The monoisotopic (exact) mass is 254 g/mol. The predicted molar refractivity (Wildman–Crippen MR) is 73.5 cm³/mol. The lowest BCUT2D eigenvalue weighted by Crippen LogP contribution is -2.09. The van der Waals surface area contributed by atoms with Crippen molar-refractivity contribution in [2.75, 3.05) is 26.3 Å². The van der Waals surface area contributed by atoms with Crippen LogP contribution in [0, 0.1) is 5.92 Å². The maximum atomic E-state index is 8.51. The highest BCUT2D eigenvalue weighted by molar-refractivity contribution is 5.07. The molecule has 0 bridgehead atoms. The Balaban J connectivity index is 0.000000180. The fourth-order valence-corrected chi connectivity index (χ4v) is 2.14. The van der Waals surface area contributed by atoms with E-state index in [1.165, 1.54) is 31.5 Å². The Labute approximate surface area is 109 Å². The Bertz CT molecular complexity index is 269. The molecule has 2 heterocycles. The van der Waals surface area contributed by atoms with E-state index in [-0.39, 0.29) is 6.61 Å². The second-order valence-corrected chi connectivity index (χ2v) is 4.77. The zero-order chi connectivity index (χ0) is 13.1. The van der Waals surface area contributed by atoms with Crippen LogP contribution in [-0.2, 0) is 6.42 Å². The van der Waals surface area contributed by atoms with Crippen LogP contribution in [0.4, 0.5) is 0 Å². The summed E-state index contributed by atoms with van der Waals surface area (Å²) in [5.74, 6) is 0.845. The predicted octanol–water partition coefficient (Wildman–Crippen LogP) is 1.31. The molecule has 1 aliphatic heterocycles. The summed E-state index contributed by atoms with van der Waals surface area (Å²) in [5.41, 5.74) is 1.27. The number of nitrogens with one attached hydrogen (secondary N) is 2. The van der Waals surface area contributed by atoms with E-state index in [9.17, 15) is 0 Å². The van der Waals surface area contributed by atoms with Crippen molar-refractivity contribution in [3.05, 3.63) is 24.0 Å². The van der Waals surface area contributed by atoms with E-state index >= 15 is 0 Å². The maximum absolute atomic E-state index is 8.51. The molecule has 1 unspecified atom stereocenters. The van der Waals surface area contributed by atoms with Crippen LogP contribution in [0.15, 0.2) is 18.5 Å². The van der Waals surface area contributed by atoms with Gasteiger partial charge in [0.15, 0.2) is 0 Å². The molecule has 4 nitrogen and oxygen atoms in total. The molecule has 0 spiro atoms. The van der Waals surface area contributed by atoms with Crippen molar-refractivity contribution in [3.8, 4) is 0 Å². The van der Waals surface area contributed by atoms with Crippen molar-refractivity contribution >= 4 is 0 Å². The standard InChI is InChI=1S/C7H15NO.C7H11NO/c2*9-5-1-2-7-3-4-8-6-7/h7-9H,1-6H2;3-4,6,8-9H,1-2,5H2. The molecule has 0 aromatic carbocycles. The Hall–Kier alpha value is -0.840. The largest absolute Gasteiger partial charge is 0.396 e. The lowest BCUT2D eigenvalue weighted by Gasteiger charge is -2.04. The van der Waals surface area contributed by atoms with Gasteiger partial charge < -0.3 is 20.5 Å². The first-order valence-corrected chi connectivity index (χ1v) is 6.91. The first kappa shape index (κ1) is 15.2. The molecule has 2 rings (SSSR count). The van der Waals surface area contributed by atoms with Crippen molar-refractivity contribution in [2.24, 2.45) is 5.92 Å². The number of H-pyrrole nitrogens is 1. The number of hydrogen-bond acceptors (Lipinski definition) is 3. The molecule has 0 aliphatic carbocycles. The zero-order valence-corrected chi connectivity index (χ0v) is 11.1. The number of rotatable bonds is 6. The van der Waals surface area contributed by atoms with Gasteiger partial charge in [0.25, 0.3) is 0 Å². The maximum Gasteiger partial charge on any atom is 0.0434 e. The quantitative estimate of drug-likeness (QED) is 0.619. The van der Waals surface area contributed by atoms with Crippen molar-refractivity contribution in [2.45, 2.75) is 32.1 Å². The number of hydrogen-bond donors (Lipinski definition) is 4. The van der Waals surface area contributed by atoms with E-state index < -0.39 is 0 Å². The lowest BCUT2D eigenvalue weighted by atomic mass is 10.0. The molecule has 4 heteroatoms. The molecule has 0 saturated carbocycles. The molecule has 1 aromatic rings. The third-order valence-electron chi connectivity index (χ3n) is 3.22. The third-order valence-corrected chi connectivity index (χ3v) is 3.22. The van der Waals surface area contributed by atoms with E-state index in [4.69, 9.17) is 10.2 Å². The highest BCUT2D eigenvalue weighted by Crippen LogP contribution is 2.13. The van der Waals surface area contributed by atoms with Crippen molar-refractivity contribution in [1.82, 2.24) is 10.3 Å². The Morgan fingerprint density at radius 3 is 2.61 bits per heavy atom. The molecule has 1 atom stereocenters. The topological polar surface area (TPSA) is 68.3 Å². The summed E-state index contributed by atoms with van der Waals surface area (Å²) < 4.78 is 0. The van der Waals surface area contributed by atoms with Gasteiger partial charge in [-0.05, 0) is 62.7 Å². The van der Waals surface area contributed by atoms with Crippen LogP contribution in [0.2, 0.25) is 0 Å². The molecule has 0 amide bonds. The van der Waals surface area contributed by atoms with Gasteiger partial charge in [-0.25, -0.2) is 0 Å². The fourth-order valence-electron chi connectivity index (χ4n) is 2.14. The Kier molecular flexibility index (Phi) is 8.55. The van der Waals surface area contributed by atoms with Crippen LogP contribution in [0.25, 0.3) is 0 Å². The number of aromatic nitrogens is 1. The molecule has 1 aliphatic rings. The molecule has 1 aromatic heterocycles. The van der Waals surface area contributed by atoms with Crippen LogP contribution < -0.4 is 5.32 Å². The third kappa shape index (κ3) is 6.79. The van der Waals surface area contributed by atoms with Gasteiger partial charge >= 0.3 is 0 Å². The van der Waals surface area contributed by atoms with Crippen LogP contribution in [0.3, 0.4) is 0 Å². The van der Waals surface area contributed by atoms with Crippen LogP contribution in [-0.4, -0.2) is 41.5 Å². The number of aromatic amines is 1. The van der Waals surface area contributed by atoms with Gasteiger partial charge in [0.2, 0.25) is 0 Å². The number of aryl methyl sites for hydroxylation is 1. The molecule has 1 fully saturated rings. The van der Waals surface area contributed by atoms with Gasteiger partial charge in [0, 0.05) is 25.6 Å². The molecule has 1 saturated heterocycles. The van der Waals surface area contributed by atoms with Gasteiger partial charge in [-0.15, -0.1) is 0 Å². The van der Waals surface area contributed by atoms with Crippen molar-refractivity contribution in [3.63, 3.8) is 0 Å². The summed E-state index contributed by atoms with van der Waals surface area (Å²) in [4.78, 5) is 2.96. The summed E-state index contributed by atoms with van der Waals surface area (Å²) in [5, 5.41) is 20.3. The SMILES string of the molecule is OCCCC1CCNC1.OCCCc1cc[nH]c1. The van der Waals surface area contributed by atoms with Crippen molar-refractivity contribution in [1.29, 1.82) is 0 Å². The number of aliphatic hydroxyl groups excluding tert-OH is 2. The first-order chi connectivity index (χ1) is 8.86. The lowest BCUT2D eigenvalue weighted by molar-refractivity contribution is 0.273. The summed E-state index contributed by atoms with van der Waals surface area (Å²) in [6.45, 7) is 2.98. The van der Waals surface area contributed by atoms with Gasteiger partial charge in [0.05, 0.1) is 0 Å². The second-order valence-electron chi connectivity index (χ2n) is 4.77. The van der Waals surface area contributed by atoms with E-state index in [2.05, 4.69) is 10.3 Å². The molecule has 0 radical (unpaired) electrons. The van der Waals surface area contributed by atoms with E-state index in [0.29, 0.717) is 6.61 Å². The van der Waals surface area contributed by atoms with Crippen LogP contribution in [0.1, 0.15) is 31.2 Å². The minimum atomic E-state index is 0.283. The van der Waals surface area contributed by atoms with E-state index in [0.717, 1.165) is 25.2 Å². The highest BCUT2D eigenvalue weighted by Gasteiger charge is 2.12. The van der Waals surface area contributed by atoms with Gasteiger partial charge in [-0.1, -0.05) is 0 Å². The summed E-state index contributed by atoms with van der Waals surface area (Å²) >= 11 is 0. The van der Waals surface area contributed by atoms with Crippen molar-refractivity contribution < 1.29 is 10.2 Å². The van der Waals surface area contributed by atoms with E-state index in [1.54, 1.807) is 0 Å². The smallest absolute Gasteiger partial charge is 0.0434 e. The van der Waals surface area contributed by atoms with E-state index in [1.807, 2.05) is 18.5 Å². The summed E-state index contributed by atoms with van der Waals surface area (Å²) in [7, 11) is 0. The Morgan fingerprint density at radius 2 is 2.06 bits per heavy atom. The average molecular weight is 254 g/mol. The average Bonchev–Trinajstić information content (AvgIpc) is 3.07. The zero-order valence-electron chi connectivity index (χ0n) is 11.1. The summed E-state index contributed by atoms with van der Waals surface area (Å²) in [6.07, 6.45) is 9.16. The number of aliphatic hydroxyl groups is 2. The van der Waals surface area contributed by atoms with Gasteiger partial charge in [-0.3, -0.25) is 0 Å². The molecule has 4 N–H and O–H groups in total. The normalized spacial score (nSPS) is 18.4. The van der Waals surface area contributed by atoms with Gasteiger partial charge in [-0.2, -0.15) is 0 Å². The molecule has 18 heavy (non-hydrogen) atoms. The highest BCUT2D eigenvalue weighted by atomic mass is 16.3. The minimum Gasteiger partial charge on any atom is -0.396 e. The fraction of sp³-hybridized carbons (Fsp3) is 0.714. The first-order valence-electron chi connectivity index (χ1n) is 6.91.